The van der Waals surface area contributed by atoms with E-state index in [1.54, 1.807) is 6.20 Å². The average molecular weight is 195 g/mol. The van der Waals surface area contributed by atoms with E-state index in [9.17, 15) is 0 Å². The highest BCUT2D eigenvalue weighted by Gasteiger charge is 2.01. The van der Waals surface area contributed by atoms with Gasteiger partial charge in [0.1, 0.15) is 5.69 Å². The molecule has 0 atom stereocenters. The third-order valence-electron chi connectivity index (χ3n) is 1.61. The van der Waals surface area contributed by atoms with Crippen molar-refractivity contribution in [2.45, 2.75) is 19.8 Å². The summed E-state index contributed by atoms with van der Waals surface area (Å²) in [5.74, 6) is 0. The van der Waals surface area contributed by atoms with Crippen LogP contribution in [0.2, 0.25) is 0 Å². The first-order chi connectivity index (χ1) is 6.34. The van der Waals surface area contributed by atoms with E-state index in [-0.39, 0.29) is 0 Å². The van der Waals surface area contributed by atoms with Gasteiger partial charge in [0.05, 0.1) is 6.61 Å². The van der Waals surface area contributed by atoms with Crippen molar-refractivity contribution in [1.29, 1.82) is 0 Å². The second kappa shape index (κ2) is 5.65. The zero-order valence-electron chi connectivity index (χ0n) is 7.69. The molecule has 0 bridgehead atoms. The minimum absolute atomic E-state index is 0.494. The molecule has 1 heterocycles. The second-order valence-corrected chi connectivity index (χ2v) is 3.08. The molecule has 0 aliphatic carbocycles. The van der Waals surface area contributed by atoms with Gasteiger partial charge in [0.2, 0.25) is 5.05 Å². The van der Waals surface area contributed by atoms with E-state index in [1.165, 1.54) is 0 Å². The molecule has 0 aliphatic rings. The van der Waals surface area contributed by atoms with Gasteiger partial charge >= 0.3 is 0 Å². The molecule has 0 aliphatic heterocycles. The number of thiocarbonyl (C=S) groups is 1. The van der Waals surface area contributed by atoms with Crippen LogP contribution in [0, 0.1) is 0 Å². The quantitative estimate of drug-likeness (QED) is 0.544. The van der Waals surface area contributed by atoms with Crippen molar-refractivity contribution in [3.63, 3.8) is 0 Å². The maximum Gasteiger partial charge on any atom is 0.210 e. The lowest BCUT2D eigenvalue weighted by Crippen LogP contribution is -2.06. The fourth-order valence-electron chi connectivity index (χ4n) is 0.867. The van der Waals surface area contributed by atoms with Crippen LogP contribution in [0.3, 0.4) is 0 Å². The van der Waals surface area contributed by atoms with E-state index in [1.807, 2.05) is 18.2 Å². The van der Waals surface area contributed by atoms with Gasteiger partial charge in [-0.05, 0) is 30.8 Å². The van der Waals surface area contributed by atoms with Crippen LogP contribution in [0.5, 0.6) is 0 Å². The molecule has 2 nitrogen and oxygen atoms in total. The molecule has 0 radical (unpaired) electrons. The minimum Gasteiger partial charge on any atom is -0.482 e. The first-order valence-corrected chi connectivity index (χ1v) is 4.83. The Balaban J connectivity index is 2.40. The lowest BCUT2D eigenvalue weighted by molar-refractivity contribution is 0.305. The number of hydrogen-bond acceptors (Lipinski definition) is 3. The summed E-state index contributed by atoms with van der Waals surface area (Å²) in [5, 5.41) is 0.494. The fraction of sp³-hybridized carbons (Fsp3) is 0.400. The zero-order valence-corrected chi connectivity index (χ0v) is 8.51. The third-order valence-corrected chi connectivity index (χ3v) is 1.93. The van der Waals surface area contributed by atoms with E-state index >= 15 is 0 Å². The van der Waals surface area contributed by atoms with Crippen molar-refractivity contribution in [1.82, 2.24) is 4.98 Å². The van der Waals surface area contributed by atoms with E-state index in [0.29, 0.717) is 11.7 Å². The number of rotatable bonds is 4. The highest BCUT2D eigenvalue weighted by atomic mass is 32.1. The van der Waals surface area contributed by atoms with Crippen LogP contribution in [-0.4, -0.2) is 16.6 Å². The lowest BCUT2D eigenvalue weighted by atomic mass is 10.3. The summed E-state index contributed by atoms with van der Waals surface area (Å²) in [6.45, 7) is 2.80. The highest BCUT2D eigenvalue weighted by Crippen LogP contribution is 1.99. The molecule has 13 heavy (non-hydrogen) atoms. The van der Waals surface area contributed by atoms with E-state index in [2.05, 4.69) is 11.9 Å². The Morgan fingerprint density at radius 1 is 1.54 bits per heavy atom. The number of pyridine rings is 1. The first-order valence-electron chi connectivity index (χ1n) is 4.42. The van der Waals surface area contributed by atoms with Crippen molar-refractivity contribution in [3.8, 4) is 0 Å². The summed E-state index contributed by atoms with van der Waals surface area (Å²) in [7, 11) is 0. The summed E-state index contributed by atoms with van der Waals surface area (Å²) < 4.78 is 5.34. The summed E-state index contributed by atoms with van der Waals surface area (Å²) in [4.78, 5) is 4.09. The monoisotopic (exact) mass is 195 g/mol. The Labute approximate surface area is 83.9 Å². The number of hydrogen-bond donors (Lipinski definition) is 0. The minimum atomic E-state index is 0.494. The Hall–Kier alpha value is -0.960. The van der Waals surface area contributed by atoms with Crippen molar-refractivity contribution in [2.24, 2.45) is 0 Å². The van der Waals surface area contributed by atoms with Gasteiger partial charge in [0.15, 0.2) is 0 Å². The summed E-state index contributed by atoms with van der Waals surface area (Å²) in [5.41, 5.74) is 0.744. The van der Waals surface area contributed by atoms with Crippen LogP contribution in [0.1, 0.15) is 25.5 Å². The van der Waals surface area contributed by atoms with Gasteiger partial charge in [-0.3, -0.25) is 4.98 Å². The highest BCUT2D eigenvalue weighted by molar-refractivity contribution is 7.80. The van der Waals surface area contributed by atoms with Gasteiger partial charge in [-0.15, -0.1) is 0 Å². The predicted molar refractivity (Wildman–Crippen MR) is 56.8 cm³/mol. The maximum absolute atomic E-state index is 5.34. The van der Waals surface area contributed by atoms with Crippen LogP contribution in [0.4, 0.5) is 0 Å². The number of nitrogens with zero attached hydrogens (tertiary/aromatic N) is 1. The van der Waals surface area contributed by atoms with Gasteiger partial charge in [0.25, 0.3) is 0 Å². The van der Waals surface area contributed by atoms with Crippen LogP contribution in [-0.2, 0) is 4.74 Å². The van der Waals surface area contributed by atoms with E-state index < -0.39 is 0 Å². The van der Waals surface area contributed by atoms with Crippen molar-refractivity contribution in [2.75, 3.05) is 6.61 Å². The van der Waals surface area contributed by atoms with Gasteiger partial charge in [-0.1, -0.05) is 19.4 Å². The van der Waals surface area contributed by atoms with Crippen LogP contribution in [0.25, 0.3) is 0 Å². The van der Waals surface area contributed by atoms with Gasteiger partial charge in [0, 0.05) is 6.20 Å². The van der Waals surface area contributed by atoms with Crippen LogP contribution < -0.4 is 0 Å². The number of aromatic nitrogens is 1. The molecule has 0 saturated heterocycles. The lowest BCUT2D eigenvalue weighted by Gasteiger charge is -2.04. The summed E-state index contributed by atoms with van der Waals surface area (Å²) in [6.07, 6.45) is 3.86. The van der Waals surface area contributed by atoms with Crippen molar-refractivity contribution in [3.05, 3.63) is 30.1 Å². The molecule has 0 N–H and O–H groups in total. The maximum atomic E-state index is 5.34. The molecule has 0 fully saturated rings. The third kappa shape index (κ3) is 3.51. The average Bonchev–Trinajstić information content (AvgIpc) is 2.19. The summed E-state index contributed by atoms with van der Waals surface area (Å²) in [6, 6.07) is 5.62. The van der Waals surface area contributed by atoms with E-state index in [4.69, 9.17) is 17.0 Å². The SMILES string of the molecule is CCCCOC(=S)c1ccccn1. The summed E-state index contributed by atoms with van der Waals surface area (Å²) >= 11 is 5.05. The molecule has 0 amide bonds. The number of unbranched alkanes of at least 4 members (excludes halogenated alkanes) is 1. The van der Waals surface area contributed by atoms with Crippen LogP contribution in [0.15, 0.2) is 24.4 Å². The normalized spacial score (nSPS) is 9.62. The predicted octanol–water partition coefficient (Wildman–Crippen LogP) is 2.57. The molecule has 1 rings (SSSR count). The molecular weight excluding hydrogens is 182 g/mol. The Bertz CT molecular complexity index is 261. The first kappa shape index (κ1) is 10.1. The molecule has 0 saturated carbocycles. The van der Waals surface area contributed by atoms with Crippen LogP contribution >= 0.6 is 12.2 Å². The Morgan fingerprint density at radius 3 is 3.00 bits per heavy atom. The molecule has 3 heteroatoms. The Kier molecular flexibility index (Phi) is 4.40. The molecule has 0 spiro atoms. The molecule has 1 aromatic heterocycles. The topological polar surface area (TPSA) is 22.1 Å². The molecule has 70 valence electrons. The fourth-order valence-corrected chi connectivity index (χ4v) is 1.07. The van der Waals surface area contributed by atoms with E-state index in [0.717, 1.165) is 18.5 Å². The van der Waals surface area contributed by atoms with Crippen molar-refractivity contribution >= 4 is 17.3 Å². The van der Waals surface area contributed by atoms with Gasteiger partial charge in [-0.25, -0.2) is 0 Å². The van der Waals surface area contributed by atoms with Gasteiger partial charge in [-0.2, -0.15) is 0 Å². The number of ether oxygens (including phenoxy) is 1. The molecule has 1 aromatic rings. The molecular formula is C10H13NOS. The largest absolute Gasteiger partial charge is 0.482 e. The Morgan fingerprint density at radius 2 is 2.38 bits per heavy atom. The van der Waals surface area contributed by atoms with Crippen molar-refractivity contribution < 1.29 is 4.74 Å². The molecule has 0 unspecified atom stereocenters. The standard InChI is InChI=1S/C10H13NOS/c1-2-3-8-12-10(13)9-6-4-5-7-11-9/h4-7H,2-3,8H2,1H3. The zero-order chi connectivity index (χ0) is 9.52. The smallest absolute Gasteiger partial charge is 0.210 e. The second-order valence-electron chi connectivity index (χ2n) is 2.70. The molecule has 0 aromatic carbocycles. The van der Waals surface area contributed by atoms with Gasteiger partial charge < -0.3 is 4.74 Å².